The molecule has 16 heavy (non-hydrogen) atoms. The summed E-state index contributed by atoms with van der Waals surface area (Å²) in [6.45, 7) is 0.0947. The quantitative estimate of drug-likeness (QED) is 0.668. The molecule has 80 valence electrons. The van der Waals surface area contributed by atoms with Crippen LogP contribution in [0.1, 0.15) is 0 Å². The zero-order chi connectivity index (χ0) is 11.1. The minimum Gasteiger partial charge on any atom is -0.481 e. The first-order valence-corrected chi connectivity index (χ1v) is 5.04. The van der Waals surface area contributed by atoms with E-state index in [4.69, 9.17) is 4.74 Å². The number of nitrogens with zero attached hydrogens (tertiary/aromatic N) is 2. The molecular weight excluding hydrogens is 204 g/mol. The lowest BCUT2D eigenvalue weighted by molar-refractivity contribution is -0.120. The van der Waals surface area contributed by atoms with Gasteiger partial charge in [0.05, 0.1) is 11.7 Å². The molecule has 2 aromatic rings. The Bertz CT molecular complexity index is 580. The molecule has 4 heteroatoms. The van der Waals surface area contributed by atoms with Crippen molar-refractivity contribution < 1.29 is 9.53 Å². The van der Waals surface area contributed by atoms with E-state index in [0.29, 0.717) is 0 Å². The highest BCUT2D eigenvalue weighted by molar-refractivity contribution is 6.02. The number of hydrogen-bond donors (Lipinski definition) is 0. The standard InChI is InChI=1S/C12H10N2O2/c1-14-10-6-13-9-5-3-2-4-8(9)12(10)16-7-11(14)15/h2-6H,7H2,1H3. The fraction of sp³-hybridized carbons (Fsp3) is 0.167. The predicted molar refractivity (Wildman–Crippen MR) is 60.6 cm³/mol. The average Bonchev–Trinajstić information content (AvgIpc) is 2.33. The number of pyridine rings is 1. The minimum absolute atomic E-state index is 0.0513. The molecule has 1 aromatic heterocycles. The lowest BCUT2D eigenvalue weighted by Crippen LogP contribution is -2.35. The first-order chi connectivity index (χ1) is 7.77. The summed E-state index contributed by atoms with van der Waals surface area (Å²) < 4.78 is 5.49. The van der Waals surface area contributed by atoms with Crippen molar-refractivity contribution in [1.29, 1.82) is 0 Å². The first kappa shape index (κ1) is 9.15. The van der Waals surface area contributed by atoms with Crippen molar-refractivity contribution in [3.63, 3.8) is 0 Å². The van der Waals surface area contributed by atoms with E-state index in [2.05, 4.69) is 4.98 Å². The van der Waals surface area contributed by atoms with Gasteiger partial charge in [-0.2, -0.15) is 0 Å². The lowest BCUT2D eigenvalue weighted by atomic mass is 10.1. The number of carbonyl (C=O) groups excluding carboxylic acids is 1. The maximum Gasteiger partial charge on any atom is 0.264 e. The van der Waals surface area contributed by atoms with E-state index in [-0.39, 0.29) is 12.5 Å². The fourth-order valence-corrected chi connectivity index (χ4v) is 1.86. The molecule has 0 bridgehead atoms. The molecule has 0 unspecified atom stereocenters. The number of amides is 1. The SMILES string of the molecule is CN1C(=O)COc2c1cnc1ccccc21. The van der Waals surface area contributed by atoms with Crippen LogP contribution in [0.3, 0.4) is 0 Å². The zero-order valence-electron chi connectivity index (χ0n) is 8.80. The number of ether oxygens (including phenoxy) is 1. The van der Waals surface area contributed by atoms with Crippen LogP contribution in [-0.2, 0) is 4.79 Å². The maximum absolute atomic E-state index is 11.5. The number of fused-ring (bicyclic) bond motifs is 3. The van der Waals surface area contributed by atoms with E-state index in [9.17, 15) is 4.79 Å². The van der Waals surface area contributed by atoms with Gasteiger partial charge in [0.25, 0.3) is 5.91 Å². The van der Waals surface area contributed by atoms with Crippen molar-refractivity contribution in [3.8, 4) is 5.75 Å². The van der Waals surface area contributed by atoms with Crippen LogP contribution in [0.2, 0.25) is 0 Å². The molecule has 1 aliphatic rings. The first-order valence-electron chi connectivity index (χ1n) is 5.04. The molecule has 4 nitrogen and oxygen atoms in total. The smallest absolute Gasteiger partial charge is 0.264 e. The molecule has 1 aliphatic heterocycles. The van der Waals surface area contributed by atoms with Crippen molar-refractivity contribution in [2.45, 2.75) is 0 Å². The van der Waals surface area contributed by atoms with Crippen molar-refractivity contribution >= 4 is 22.5 Å². The van der Waals surface area contributed by atoms with Gasteiger partial charge in [-0.25, -0.2) is 0 Å². The molecule has 0 radical (unpaired) electrons. The Morgan fingerprint density at radius 3 is 3.06 bits per heavy atom. The summed E-state index contributed by atoms with van der Waals surface area (Å²) in [6.07, 6.45) is 1.68. The van der Waals surface area contributed by atoms with Crippen LogP contribution in [0.25, 0.3) is 10.9 Å². The third-order valence-corrected chi connectivity index (χ3v) is 2.78. The number of para-hydroxylation sites is 1. The van der Waals surface area contributed by atoms with Gasteiger partial charge in [0.1, 0.15) is 5.69 Å². The zero-order valence-corrected chi connectivity index (χ0v) is 8.80. The third-order valence-electron chi connectivity index (χ3n) is 2.78. The average molecular weight is 214 g/mol. The van der Waals surface area contributed by atoms with Crippen molar-refractivity contribution in [1.82, 2.24) is 4.98 Å². The molecule has 0 fully saturated rings. The number of hydrogen-bond acceptors (Lipinski definition) is 3. The number of rotatable bonds is 0. The van der Waals surface area contributed by atoms with Crippen molar-refractivity contribution in [2.75, 3.05) is 18.6 Å². The highest BCUT2D eigenvalue weighted by atomic mass is 16.5. The molecule has 0 aliphatic carbocycles. The Balaban J connectivity index is 2.31. The minimum atomic E-state index is -0.0513. The van der Waals surface area contributed by atoms with Crippen LogP contribution in [0, 0.1) is 0 Å². The number of carbonyl (C=O) groups is 1. The van der Waals surface area contributed by atoms with Gasteiger partial charge in [0, 0.05) is 12.4 Å². The third kappa shape index (κ3) is 1.16. The maximum atomic E-state index is 11.5. The molecule has 0 N–H and O–H groups in total. The second kappa shape index (κ2) is 3.20. The Morgan fingerprint density at radius 1 is 1.38 bits per heavy atom. The van der Waals surface area contributed by atoms with Crippen molar-refractivity contribution in [3.05, 3.63) is 30.5 Å². The molecule has 3 rings (SSSR count). The van der Waals surface area contributed by atoms with E-state index in [1.54, 1.807) is 18.1 Å². The van der Waals surface area contributed by atoms with E-state index >= 15 is 0 Å². The van der Waals surface area contributed by atoms with Gasteiger partial charge in [-0.15, -0.1) is 0 Å². The predicted octanol–water partition coefficient (Wildman–Crippen LogP) is 1.59. The summed E-state index contributed by atoms with van der Waals surface area (Å²) in [7, 11) is 1.74. The van der Waals surface area contributed by atoms with Crippen LogP contribution in [-0.4, -0.2) is 24.5 Å². The van der Waals surface area contributed by atoms with Crippen LogP contribution < -0.4 is 9.64 Å². The molecule has 1 aromatic carbocycles. The van der Waals surface area contributed by atoms with Gasteiger partial charge in [-0.05, 0) is 12.1 Å². The largest absolute Gasteiger partial charge is 0.481 e. The Hall–Kier alpha value is -2.10. The Labute approximate surface area is 92.5 Å². The molecule has 0 spiro atoms. The van der Waals surface area contributed by atoms with E-state index < -0.39 is 0 Å². The topological polar surface area (TPSA) is 42.4 Å². The van der Waals surface area contributed by atoms with Crippen molar-refractivity contribution in [2.24, 2.45) is 0 Å². The highest BCUT2D eigenvalue weighted by Gasteiger charge is 2.24. The monoisotopic (exact) mass is 214 g/mol. The summed E-state index contributed by atoms with van der Waals surface area (Å²) in [5.41, 5.74) is 1.61. The number of benzene rings is 1. The normalized spacial score (nSPS) is 14.8. The second-order valence-electron chi connectivity index (χ2n) is 3.73. The van der Waals surface area contributed by atoms with Crippen LogP contribution in [0.15, 0.2) is 30.5 Å². The van der Waals surface area contributed by atoms with E-state index in [1.807, 2.05) is 24.3 Å². The summed E-state index contributed by atoms with van der Waals surface area (Å²) >= 11 is 0. The summed E-state index contributed by atoms with van der Waals surface area (Å²) in [6, 6.07) is 7.74. The molecule has 0 saturated carbocycles. The lowest BCUT2D eigenvalue weighted by Gasteiger charge is -2.26. The van der Waals surface area contributed by atoms with Gasteiger partial charge in [-0.3, -0.25) is 9.78 Å². The highest BCUT2D eigenvalue weighted by Crippen LogP contribution is 2.36. The second-order valence-corrected chi connectivity index (χ2v) is 3.73. The molecule has 2 heterocycles. The molecule has 1 amide bonds. The van der Waals surface area contributed by atoms with Crippen LogP contribution in [0.5, 0.6) is 5.75 Å². The number of anilines is 1. The van der Waals surface area contributed by atoms with Gasteiger partial charge in [0.2, 0.25) is 0 Å². The van der Waals surface area contributed by atoms with Crippen LogP contribution >= 0.6 is 0 Å². The summed E-state index contributed by atoms with van der Waals surface area (Å²) in [5, 5.41) is 0.944. The van der Waals surface area contributed by atoms with Crippen LogP contribution in [0.4, 0.5) is 5.69 Å². The van der Waals surface area contributed by atoms with Gasteiger partial charge in [-0.1, -0.05) is 12.1 Å². The summed E-state index contributed by atoms with van der Waals surface area (Å²) in [4.78, 5) is 17.4. The molecular formula is C12H10N2O2. The van der Waals surface area contributed by atoms with E-state index in [1.165, 1.54) is 0 Å². The fourth-order valence-electron chi connectivity index (χ4n) is 1.86. The Morgan fingerprint density at radius 2 is 2.19 bits per heavy atom. The summed E-state index contributed by atoms with van der Waals surface area (Å²) in [5.74, 6) is 0.692. The molecule has 0 atom stereocenters. The van der Waals surface area contributed by atoms with E-state index in [0.717, 1.165) is 22.3 Å². The molecule has 0 saturated heterocycles. The van der Waals surface area contributed by atoms with Gasteiger partial charge >= 0.3 is 0 Å². The number of aromatic nitrogens is 1. The van der Waals surface area contributed by atoms with Gasteiger partial charge < -0.3 is 9.64 Å². The number of likely N-dealkylation sites (N-methyl/N-ethyl adjacent to an activating group) is 1. The Kier molecular flexibility index (Phi) is 1.83. The van der Waals surface area contributed by atoms with Gasteiger partial charge in [0.15, 0.2) is 12.4 Å².